The van der Waals surface area contributed by atoms with Crippen molar-refractivity contribution in [2.24, 2.45) is 0 Å². The van der Waals surface area contributed by atoms with E-state index in [1.165, 1.54) is 23.1 Å². The molecule has 0 aliphatic carbocycles. The van der Waals surface area contributed by atoms with Gasteiger partial charge in [-0.1, -0.05) is 23.9 Å². The van der Waals surface area contributed by atoms with Crippen molar-refractivity contribution < 1.29 is 0 Å². The largest absolute Gasteiger partial charge is 0.370 e. The topological polar surface area (TPSA) is 72.2 Å². The first-order valence-electron chi connectivity index (χ1n) is 8.26. The number of thiazole rings is 1. The molecule has 0 aliphatic rings. The fourth-order valence-corrected chi connectivity index (χ4v) is 4.37. The molecule has 0 atom stereocenters. The molecule has 1 aromatic carbocycles. The van der Waals surface area contributed by atoms with E-state index in [0.29, 0.717) is 10.9 Å². The van der Waals surface area contributed by atoms with Crippen LogP contribution in [0.15, 0.2) is 45.7 Å². The van der Waals surface area contributed by atoms with Crippen molar-refractivity contribution in [2.45, 2.75) is 24.8 Å². The number of nitrogens with one attached hydrogen (secondary N) is 1. The molecule has 0 radical (unpaired) electrons. The molecule has 0 saturated carbocycles. The predicted octanol–water partition coefficient (Wildman–Crippen LogP) is 3.73. The van der Waals surface area contributed by atoms with Gasteiger partial charge in [-0.2, -0.15) is 0 Å². The molecule has 0 spiro atoms. The lowest BCUT2D eigenvalue weighted by molar-refractivity contribution is 0.980. The van der Waals surface area contributed by atoms with Crippen molar-refractivity contribution in [2.75, 3.05) is 11.9 Å². The number of rotatable bonds is 5. The monoisotopic (exact) mass is 383 g/mol. The maximum absolute atomic E-state index is 12.3. The van der Waals surface area contributed by atoms with E-state index in [1.54, 1.807) is 10.5 Å². The fraction of sp³-hybridized carbons (Fsp3) is 0.222. The Hall–Kier alpha value is -2.45. The van der Waals surface area contributed by atoms with E-state index in [9.17, 15) is 4.79 Å². The van der Waals surface area contributed by atoms with Gasteiger partial charge >= 0.3 is 0 Å². The van der Waals surface area contributed by atoms with Crippen molar-refractivity contribution in [1.29, 1.82) is 0 Å². The van der Waals surface area contributed by atoms with E-state index >= 15 is 0 Å². The van der Waals surface area contributed by atoms with Crippen LogP contribution >= 0.6 is 23.1 Å². The van der Waals surface area contributed by atoms with E-state index in [0.717, 1.165) is 39.6 Å². The average Bonchev–Trinajstić information content (AvgIpc) is 3.02. The summed E-state index contributed by atoms with van der Waals surface area (Å²) in [5, 5.41) is 6.91. The van der Waals surface area contributed by atoms with Crippen LogP contribution in [0.3, 0.4) is 0 Å². The second-order valence-electron chi connectivity index (χ2n) is 5.77. The Morgan fingerprint density at radius 2 is 2.08 bits per heavy atom. The van der Waals surface area contributed by atoms with Crippen LogP contribution in [0.2, 0.25) is 0 Å². The summed E-state index contributed by atoms with van der Waals surface area (Å²) in [6.45, 7) is 4.74. The number of nitrogens with zero attached hydrogens (tertiary/aromatic N) is 4. The average molecular weight is 384 g/mol. The SMILES string of the molecule is CCNc1nc(SCc2cc(=O)n3c(C)csc3n2)nc2ccccc12. The first kappa shape index (κ1) is 17.0. The number of fused-ring (bicyclic) bond motifs is 2. The van der Waals surface area contributed by atoms with Crippen LogP contribution in [-0.4, -0.2) is 25.9 Å². The second kappa shape index (κ2) is 7.05. The highest BCUT2D eigenvalue weighted by molar-refractivity contribution is 7.98. The molecule has 0 fully saturated rings. The molecule has 0 bridgehead atoms. The van der Waals surface area contributed by atoms with E-state index in [1.807, 2.05) is 43.5 Å². The molecule has 0 saturated heterocycles. The summed E-state index contributed by atoms with van der Waals surface area (Å²) in [6, 6.07) is 9.53. The zero-order valence-electron chi connectivity index (χ0n) is 14.4. The third-order valence-corrected chi connectivity index (χ3v) is 5.73. The lowest BCUT2D eigenvalue weighted by Crippen LogP contribution is -2.14. The Bertz CT molecular complexity index is 1150. The lowest BCUT2D eigenvalue weighted by Gasteiger charge is -2.09. The summed E-state index contributed by atoms with van der Waals surface area (Å²) in [6.07, 6.45) is 0. The molecule has 3 aromatic heterocycles. The normalized spacial score (nSPS) is 11.3. The first-order chi connectivity index (χ1) is 12.7. The number of aryl methyl sites for hydroxylation is 1. The van der Waals surface area contributed by atoms with Crippen molar-refractivity contribution in [1.82, 2.24) is 19.4 Å². The van der Waals surface area contributed by atoms with Gasteiger partial charge in [-0.3, -0.25) is 9.20 Å². The third-order valence-electron chi connectivity index (χ3n) is 3.90. The van der Waals surface area contributed by atoms with Crippen LogP contribution in [0.4, 0.5) is 5.82 Å². The predicted molar refractivity (Wildman–Crippen MR) is 107 cm³/mol. The summed E-state index contributed by atoms with van der Waals surface area (Å²) in [5.41, 5.74) is 2.51. The van der Waals surface area contributed by atoms with Crippen molar-refractivity contribution >= 4 is 44.8 Å². The highest BCUT2D eigenvalue weighted by Gasteiger charge is 2.10. The van der Waals surface area contributed by atoms with Gasteiger partial charge in [-0.25, -0.2) is 15.0 Å². The Morgan fingerprint density at radius 1 is 1.23 bits per heavy atom. The Kier molecular flexibility index (Phi) is 4.60. The van der Waals surface area contributed by atoms with Crippen molar-refractivity contribution in [3.63, 3.8) is 0 Å². The van der Waals surface area contributed by atoms with Crippen LogP contribution in [0.25, 0.3) is 15.9 Å². The molecule has 1 N–H and O–H groups in total. The van der Waals surface area contributed by atoms with Crippen molar-refractivity contribution in [3.05, 3.63) is 57.5 Å². The molecule has 0 unspecified atom stereocenters. The number of anilines is 1. The third kappa shape index (κ3) is 3.17. The summed E-state index contributed by atoms with van der Waals surface area (Å²) < 4.78 is 1.63. The molecular weight excluding hydrogens is 366 g/mol. The summed E-state index contributed by atoms with van der Waals surface area (Å²) in [4.78, 5) is 26.8. The van der Waals surface area contributed by atoms with Crippen molar-refractivity contribution in [3.8, 4) is 0 Å². The lowest BCUT2D eigenvalue weighted by atomic mass is 10.2. The Labute approximate surface area is 158 Å². The molecule has 4 aromatic rings. The Morgan fingerprint density at radius 3 is 2.92 bits per heavy atom. The minimum atomic E-state index is -0.0443. The highest BCUT2D eigenvalue weighted by atomic mass is 32.2. The van der Waals surface area contributed by atoms with Crippen LogP contribution in [0, 0.1) is 6.92 Å². The fourth-order valence-electron chi connectivity index (χ4n) is 2.74. The van der Waals surface area contributed by atoms with Crippen LogP contribution in [-0.2, 0) is 5.75 Å². The van der Waals surface area contributed by atoms with E-state index in [-0.39, 0.29) is 5.56 Å². The molecule has 6 nitrogen and oxygen atoms in total. The zero-order valence-corrected chi connectivity index (χ0v) is 16.0. The molecule has 3 heterocycles. The number of para-hydroxylation sites is 1. The first-order valence-corrected chi connectivity index (χ1v) is 10.1. The molecular formula is C18H17N5OS2. The standard InChI is InChI=1S/C18H17N5OS2/c1-3-19-16-13-6-4-5-7-14(13)21-17(22-16)25-10-12-8-15(24)23-11(2)9-26-18(23)20-12/h4-9H,3,10H2,1-2H3,(H,19,21,22). The van der Waals surface area contributed by atoms with E-state index in [2.05, 4.69) is 20.3 Å². The van der Waals surface area contributed by atoms with Gasteiger partial charge in [0.25, 0.3) is 5.56 Å². The van der Waals surface area contributed by atoms with E-state index < -0.39 is 0 Å². The second-order valence-corrected chi connectivity index (χ2v) is 7.55. The number of aromatic nitrogens is 4. The van der Waals surface area contributed by atoms with Gasteiger partial charge in [0.1, 0.15) is 5.82 Å². The van der Waals surface area contributed by atoms with Crippen LogP contribution < -0.4 is 10.9 Å². The number of benzene rings is 1. The minimum absolute atomic E-state index is 0.0443. The summed E-state index contributed by atoms with van der Waals surface area (Å²) >= 11 is 2.96. The molecule has 0 aliphatic heterocycles. The van der Waals surface area contributed by atoms with Crippen LogP contribution in [0.5, 0.6) is 0 Å². The van der Waals surface area contributed by atoms with Gasteiger partial charge < -0.3 is 5.32 Å². The number of hydrogen-bond acceptors (Lipinski definition) is 7. The van der Waals surface area contributed by atoms with Gasteiger partial charge in [-0.15, -0.1) is 11.3 Å². The maximum atomic E-state index is 12.3. The van der Waals surface area contributed by atoms with Gasteiger partial charge in [-0.05, 0) is 26.0 Å². The minimum Gasteiger partial charge on any atom is -0.370 e. The van der Waals surface area contributed by atoms with Gasteiger partial charge in [0.2, 0.25) is 0 Å². The van der Waals surface area contributed by atoms with Crippen LogP contribution in [0.1, 0.15) is 18.3 Å². The van der Waals surface area contributed by atoms with Gasteiger partial charge in [0.15, 0.2) is 10.1 Å². The molecule has 4 rings (SSSR count). The smallest absolute Gasteiger partial charge is 0.258 e. The highest BCUT2D eigenvalue weighted by Crippen LogP contribution is 2.26. The van der Waals surface area contributed by atoms with Gasteiger partial charge in [0, 0.05) is 34.8 Å². The molecule has 0 amide bonds. The molecule has 26 heavy (non-hydrogen) atoms. The zero-order chi connectivity index (χ0) is 18.1. The number of thioether (sulfide) groups is 1. The summed E-state index contributed by atoms with van der Waals surface area (Å²) in [5.74, 6) is 1.38. The number of hydrogen-bond donors (Lipinski definition) is 1. The Balaban J connectivity index is 1.64. The summed E-state index contributed by atoms with van der Waals surface area (Å²) in [7, 11) is 0. The quantitative estimate of drug-likeness (QED) is 0.418. The maximum Gasteiger partial charge on any atom is 0.258 e. The molecule has 132 valence electrons. The van der Waals surface area contributed by atoms with E-state index in [4.69, 9.17) is 0 Å². The molecule has 8 heteroatoms. The van der Waals surface area contributed by atoms with Gasteiger partial charge in [0.05, 0.1) is 11.2 Å².